The van der Waals surface area contributed by atoms with Gasteiger partial charge in [0.2, 0.25) is 0 Å². The van der Waals surface area contributed by atoms with Crippen molar-refractivity contribution in [3.05, 3.63) is 66.1 Å². The molecular formula is C24H31FN10. The molecule has 0 saturated heterocycles. The van der Waals surface area contributed by atoms with Gasteiger partial charge in [0.1, 0.15) is 5.82 Å². The van der Waals surface area contributed by atoms with Crippen LogP contribution in [0.2, 0.25) is 0 Å². The highest BCUT2D eigenvalue weighted by atomic mass is 19.1. The maximum atomic E-state index is 13.9. The van der Waals surface area contributed by atoms with E-state index in [9.17, 15) is 4.39 Å². The number of nitrogens with two attached hydrogens (primary N) is 2. The largest absolute Gasteiger partial charge is 0.329 e. The van der Waals surface area contributed by atoms with Crippen molar-refractivity contribution in [2.75, 3.05) is 40.3 Å². The lowest BCUT2D eigenvalue weighted by Crippen LogP contribution is -2.25. The molecule has 0 aromatic carbocycles. The molecule has 0 aliphatic heterocycles. The van der Waals surface area contributed by atoms with Gasteiger partial charge >= 0.3 is 0 Å². The summed E-state index contributed by atoms with van der Waals surface area (Å²) in [5.41, 5.74) is 16.5. The number of nitrogens with one attached hydrogen (secondary N) is 1. The van der Waals surface area contributed by atoms with E-state index in [2.05, 4.69) is 30.0 Å². The number of H-pyrrole nitrogens is 1. The Morgan fingerprint density at radius 2 is 1.69 bits per heavy atom. The monoisotopic (exact) mass is 478 g/mol. The van der Waals surface area contributed by atoms with Gasteiger partial charge in [-0.1, -0.05) is 0 Å². The molecule has 0 spiro atoms. The van der Waals surface area contributed by atoms with Crippen LogP contribution in [0.1, 0.15) is 11.1 Å². The predicted molar refractivity (Wildman–Crippen MR) is 133 cm³/mol. The first kappa shape index (κ1) is 24.6. The van der Waals surface area contributed by atoms with Crippen molar-refractivity contribution in [3.8, 4) is 28.3 Å². The molecule has 11 heteroatoms. The number of hydrogen-bond donors (Lipinski definition) is 3. The van der Waals surface area contributed by atoms with E-state index >= 15 is 0 Å². The number of pyridine rings is 2. The van der Waals surface area contributed by atoms with Gasteiger partial charge < -0.3 is 21.3 Å². The standard InChI is InChI=1S/C24H31FN10/c1-33(7-5-26)14-19-12-30-31-23(19)17-3-4-22(29-11-17)35-16-20(15-34(2)8-6-27)24(32-35)18-9-21(25)13-28-10-18/h3-4,9-13,16H,5-8,14-15,26-27H2,1-2H3,(H,30,31). The second kappa shape index (κ2) is 11.3. The van der Waals surface area contributed by atoms with E-state index in [0.717, 1.165) is 42.0 Å². The Hall–Kier alpha value is -3.51. The molecule has 0 amide bonds. The zero-order chi connectivity index (χ0) is 24.8. The van der Waals surface area contributed by atoms with Gasteiger partial charge in [0, 0.05) is 80.1 Å². The van der Waals surface area contributed by atoms with Crippen molar-refractivity contribution in [3.63, 3.8) is 0 Å². The van der Waals surface area contributed by atoms with Crippen LogP contribution in [-0.4, -0.2) is 80.0 Å². The maximum absolute atomic E-state index is 13.9. The molecule has 0 saturated carbocycles. The molecule has 184 valence electrons. The summed E-state index contributed by atoms with van der Waals surface area (Å²) in [6.07, 6.45) is 8.32. The molecule has 0 bridgehead atoms. The van der Waals surface area contributed by atoms with Crippen LogP contribution in [0.25, 0.3) is 28.3 Å². The van der Waals surface area contributed by atoms with Crippen molar-refractivity contribution >= 4 is 0 Å². The summed E-state index contributed by atoms with van der Waals surface area (Å²) in [6, 6.07) is 5.31. The molecular weight excluding hydrogens is 447 g/mol. The molecule has 5 N–H and O–H groups in total. The van der Waals surface area contributed by atoms with Crippen LogP contribution in [0.4, 0.5) is 4.39 Å². The average molecular weight is 479 g/mol. The van der Waals surface area contributed by atoms with Crippen LogP contribution in [0, 0.1) is 5.82 Å². The molecule has 4 aromatic heterocycles. The van der Waals surface area contributed by atoms with Crippen molar-refractivity contribution in [2.24, 2.45) is 11.5 Å². The van der Waals surface area contributed by atoms with Crippen molar-refractivity contribution in [1.29, 1.82) is 0 Å². The van der Waals surface area contributed by atoms with E-state index in [0.29, 0.717) is 36.7 Å². The van der Waals surface area contributed by atoms with E-state index in [4.69, 9.17) is 16.6 Å². The summed E-state index contributed by atoms with van der Waals surface area (Å²) in [4.78, 5) is 12.9. The molecule has 0 atom stereocenters. The summed E-state index contributed by atoms with van der Waals surface area (Å²) >= 11 is 0. The van der Waals surface area contributed by atoms with Crippen LogP contribution in [0.3, 0.4) is 0 Å². The van der Waals surface area contributed by atoms with Crippen LogP contribution < -0.4 is 11.5 Å². The number of nitrogens with zero attached hydrogens (tertiary/aromatic N) is 7. The minimum Gasteiger partial charge on any atom is -0.329 e. The first-order chi connectivity index (χ1) is 17.0. The highest BCUT2D eigenvalue weighted by Gasteiger charge is 2.16. The Morgan fingerprint density at radius 1 is 0.943 bits per heavy atom. The van der Waals surface area contributed by atoms with Crippen molar-refractivity contribution in [2.45, 2.75) is 13.1 Å². The Morgan fingerprint density at radius 3 is 2.34 bits per heavy atom. The van der Waals surface area contributed by atoms with Crippen molar-refractivity contribution in [1.82, 2.24) is 39.7 Å². The lowest BCUT2D eigenvalue weighted by Gasteiger charge is -2.15. The second-order valence-electron chi connectivity index (χ2n) is 8.57. The first-order valence-corrected chi connectivity index (χ1v) is 11.4. The molecule has 0 radical (unpaired) electrons. The summed E-state index contributed by atoms with van der Waals surface area (Å²) in [6.45, 7) is 4.01. The van der Waals surface area contributed by atoms with E-state index < -0.39 is 5.82 Å². The molecule has 0 aliphatic rings. The van der Waals surface area contributed by atoms with E-state index in [1.54, 1.807) is 17.1 Å². The quantitative estimate of drug-likeness (QED) is 0.297. The molecule has 4 heterocycles. The molecule has 0 aliphatic carbocycles. The van der Waals surface area contributed by atoms with Crippen molar-refractivity contribution < 1.29 is 4.39 Å². The van der Waals surface area contributed by atoms with Crippen LogP contribution in [-0.2, 0) is 13.1 Å². The fourth-order valence-corrected chi connectivity index (χ4v) is 3.96. The zero-order valence-corrected chi connectivity index (χ0v) is 20.0. The summed E-state index contributed by atoms with van der Waals surface area (Å²) in [7, 11) is 4.01. The third-order valence-electron chi connectivity index (χ3n) is 5.66. The molecule has 0 fully saturated rings. The smallest absolute Gasteiger partial charge is 0.153 e. The second-order valence-corrected chi connectivity index (χ2v) is 8.57. The van der Waals surface area contributed by atoms with E-state index in [-0.39, 0.29) is 0 Å². The van der Waals surface area contributed by atoms with Gasteiger partial charge in [-0.3, -0.25) is 10.1 Å². The Balaban J connectivity index is 1.63. The van der Waals surface area contributed by atoms with E-state index in [1.807, 2.05) is 38.6 Å². The van der Waals surface area contributed by atoms with Gasteiger partial charge in [0.05, 0.1) is 23.8 Å². The molecule has 10 nitrogen and oxygen atoms in total. The molecule has 35 heavy (non-hydrogen) atoms. The van der Waals surface area contributed by atoms with Gasteiger partial charge in [-0.2, -0.15) is 10.2 Å². The minimum atomic E-state index is -0.409. The fourth-order valence-electron chi connectivity index (χ4n) is 3.96. The Labute approximate surface area is 203 Å². The highest BCUT2D eigenvalue weighted by molar-refractivity contribution is 5.64. The highest BCUT2D eigenvalue weighted by Crippen LogP contribution is 2.26. The number of hydrogen-bond acceptors (Lipinski definition) is 8. The van der Waals surface area contributed by atoms with Gasteiger partial charge in [0.25, 0.3) is 0 Å². The predicted octanol–water partition coefficient (Wildman–Crippen LogP) is 1.64. The van der Waals surface area contributed by atoms with Gasteiger partial charge in [-0.15, -0.1) is 0 Å². The third kappa shape index (κ3) is 5.95. The number of halogens is 1. The topological polar surface area (TPSA) is 131 Å². The van der Waals surface area contributed by atoms with Crippen LogP contribution >= 0.6 is 0 Å². The third-order valence-corrected chi connectivity index (χ3v) is 5.66. The summed E-state index contributed by atoms with van der Waals surface area (Å²) in [5.74, 6) is 0.238. The molecule has 0 unspecified atom stereocenters. The lowest BCUT2D eigenvalue weighted by molar-refractivity contribution is 0.336. The fraction of sp³-hybridized carbons (Fsp3) is 0.333. The SMILES string of the molecule is CN(CCN)Cc1cn(-c2ccc(-c3[nH]ncc3CN(C)CCN)cn2)nc1-c1cncc(F)c1. The van der Waals surface area contributed by atoms with Crippen LogP contribution in [0.15, 0.2) is 49.2 Å². The summed E-state index contributed by atoms with van der Waals surface area (Å²) < 4.78 is 15.6. The van der Waals surface area contributed by atoms with Gasteiger partial charge in [-0.05, 0) is 32.3 Å². The van der Waals surface area contributed by atoms with Crippen LogP contribution in [0.5, 0.6) is 0 Å². The van der Waals surface area contributed by atoms with Gasteiger partial charge in [-0.25, -0.2) is 14.1 Å². The summed E-state index contributed by atoms with van der Waals surface area (Å²) in [5, 5.41) is 12.0. The van der Waals surface area contributed by atoms with E-state index in [1.165, 1.54) is 12.3 Å². The number of likely N-dealkylation sites (N-methyl/N-ethyl adjacent to an activating group) is 2. The molecule has 4 aromatic rings. The first-order valence-electron chi connectivity index (χ1n) is 11.4. The molecule has 4 rings (SSSR count). The number of aromatic nitrogens is 6. The average Bonchev–Trinajstić information content (AvgIpc) is 3.47. The number of aromatic amines is 1. The normalized spacial score (nSPS) is 11.6. The Kier molecular flexibility index (Phi) is 7.93. The lowest BCUT2D eigenvalue weighted by atomic mass is 10.1. The maximum Gasteiger partial charge on any atom is 0.153 e. The number of rotatable bonds is 11. The minimum absolute atomic E-state index is 0.409. The Bertz CT molecular complexity index is 1230. The van der Waals surface area contributed by atoms with Gasteiger partial charge in [0.15, 0.2) is 5.82 Å². The zero-order valence-electron chi connectivity index (χ0n) is 20.0.